The summed E-state index contributed by atoms with van der Waals surface area (Å²) < 4.78 is 1.82. The van der Waals surface area contributed by atoms with Crippen molar-refractivity contribution in [3.05, 3.63) is 53.9 Å². The molecule has 1 aliphatic carbocycles. The number of amides is 1. The van der Waals surface area contributed by atoms with Crippen LogP contribution in [0.3, 0.4) is 0 Å². The second kappa shape index (κ2) is 7.96. The van der Waals surface area contributed by atoms with Gasteiger partial charge in [-0.3, -0.25) is 14.3 Å². The number of aliphatic carboxylic acids is 1. The van der Waals surface area contributed by atoms with Gasteiger partial charge in [0.2, 0.25) is 0 Å². The van der Waals surface area contributed by atoms with Crippen LogP contribution >= 0.6 is 0 Å². The van der Waals surface area contributed by atoms with Gasteiger partial charge in [0.25, 0.3) is 5.91 Å². The molecule has 1 aliphatic rings. The van der Waals surface area contributed by atoms with Crippen molar-refractivity contribution >= 4 is 11.9 Å². The molecule has 0 aliphatic heterocycles. The van der Waals surface area contributed by atoms with Crippen LogP contribution in [0.4, 0.5) is 0 Å². The Hall–Kier alpha value is -2.63. The van der Waals surface area contributed by atoms with Crippen molar-refractivity contribution in [3.63, 3.8) is 0 Å². The summed E-state index contributed by atoms with van der Waals surface area (Å²) in [6.07, 6.45) is 6.42. The number of carboxylic acids is 1. The molecule has 0 radical (unpaired) electrons. The van der Waals surface area contributed by atoms with Crippen molar-refractivity contribution < 1.29 is 14.7 Å². The molecule has 0 bridgehead atoms. The first kappa shape index (κ1) is 17.2. The van der Waals surface area contributed by atoms with Crippen LogP contribution in [0.15, 0.2) is 42.6 Å². The summed E-state index contributed by atoms with van der Waals surface area (Å²) in [4.78, 5) is 23.7. The molecule has 1 unspecified atom stereocenters. The summed E-state index contributed by atoms with van der Waals surface area (Å²) in [5.74, 6) is -1.07. The number of nitrogens with one attached hydrogen (secondary N) is 1. The summed E-state index contributed by atoms with van der Waals surface area (Å²) in [6.45, 7) is 0. The third-order valence-corrected chi connectivity index (χ3v) is 4.73. The molecule has 0 spiro atoms. The van der Waals surface area contributed by atoms with Crippen molar-refractivity contribution in [1.82, 2.24) is 15.1 Å². The maximum absolute atomic E-state index is 12.8. The lowest BCUT2D eigenvalue weighted by Gasteiger charge is -2.20. The monoisotopic (exact) mass is 341 g/mol. The molecule has 1 aromatic heterocycles. The highest BCUT2D eigenvalue weighted by Crippen LogP contribution is 2.30. The van der Waals surface area contributed by atoms with Gasteiger partial charge in [0.1, 0.15) is 5.69 Å². The van der Waals surface area contributed by atoms with Gasteiger partial charge in [-0.1, -0.05) is 43.2 Å². The molecular formula is C19H23N3O3. The van der Waals surface area contributed by atoms with E-state index in [1.54, 1.807) is 12.3 Å². The SMILES string of the molecule is O=C(O)CCC(NC(=O)c1ccnn1C1CCCC1)c1ccccc1. The Morgan fingerprint density at radius 3 is 2.60 bits per heavy atom. The van der Waals surface area contributed by atoms with E-state index in [0.29, 0.717) is 12.1 Å². The van der Waals surface area contributed by atoms with Crippen LogP contribution < -0.4 is 5.32 Å². The standard InChI is InChI=1S/C19H23N3O3/c23-18(24)11-10-16(14-6-2-1-3-7-14)21-19(25)17-12-13-20-22(17)15-8-4-5-9-15/h1-3,6-7,12-13,15-16H,4-5,8-11H2,(H,21,25)(H,23,24). The highest BCUT2D eigenvalue weighted by atomic mass is 16.4. The Morgan fingerprint density at radius 2 is 1.92 bits per heavy atom. The van der Waals surface area contributed by atoms with Crippen molar-refractivity contribution in [1.29, 1.82) is 0 Å². The normalized spacial score (nSPS) is 15.8. The van der Waals surface area contributed by atoms with Crippen LogP contribution in [-0.4, -0.2) is 26.8 Å². The fourth-order valence-corrected chi connectivity index (χ4v) is 3.44. The lowest BCUT2D eigenvalue weighted by Crippen LogP contribution is -2.31. The van der Waals surface area contributed by atoms with Crippen LogP contribution in [0.2, 0.25) is 0 Å². The fraction of sp³-hybridized carbons (Fsp3) is 0.421. The Morgan fingerprint density at radius 1 is 1.20 bits per heavy atom. The van der Waals surface area contributed by atoms with Gasteiger partial charge in [-0.2, -0.15) is 5.10 Å². The van der Waals surface area contributed by atoms with Gasteiger partial charge in [-0.15, -0.1) is 0 Å². The zero-order valence-electron chi connectivity index (χ0n) is 14.1. The largest absolute Gasteiger partial charge is 0.481 e. The van der Waals surface area contributed by atoms with Crippen molar-refractivity contribution in [2.24, 2.45) is 0 Å². The van der Waals surface area contributed by atoms with E-state index < -0.39 is 5.97 Å². The number of carboxylic acid groups (broad SMARTS) is 1. The Labute approximate surface area is 146 Å². The van der Waals surface area contributed by atoms with Crippen molar-refractivity contribution in [2.45, 2.75) is 50.6 Å². The summed E-state index contributed by atoms with van der Waals surface area (Å²) in [5, 5.41) is 16.3. The van der Waals surface area contributed by atoms with E-state index in [9.17, 15) is 9.59 Å². The average molecular weight is 341 g/mol. The summed E-state index contributed by atoms with van der Waals surface area (Å²) in [7, 11) is 0. The van der Waals surface area contributed by atoms with Crippen LogP contribution in [0.5, 0.6) is 0 Å². The topological polar surface area (TPSA) is 84.2 Å². The van der Waals surface area contributed by atoms with E-state index in [1.807, 2.05) is 35.0 Å². The third-order valence-electron chi connectivity index (χ3n) is 4.73. The molecule has 1 atom stereocenters. The van der Waals surface area contributed by atoms with Crippen LogP contribution in [0, 0.1) is 0 Å². The highest BCUT2D eigenvalue weighted by Gasteiger charge is 2.24. The number of carbonyl (C=O) groups is 2. The number of rotatable bonds is 7. The number of hydrogen-bond acceptors (Lipinski definition) is 3. The molecule has 2 N–H and O–H groups in total. The van der Waals surface area contributed by atoms with E-state index in [2.05, 4.69) is 10.4 Å². The van der Waals surface area contributed by atoms with Gasteiger partial charge in [-0.05, 0) is 30.9 Å². The second-order valence-corrected chi connectivity index (χ2v) is 6.47. The first-order valence-electron chi connectivity index (χ1n) is 8.76. The Bertz CT molecular complexity index is 721. The van der Waals surface area contributed by atoms with Gasteiger partial charge in [0, 0.05) is 12.6 Å². The Balaban J connectivity index is 1.76. The summed E-state index contributed by atoms with van der Waals surface area (Å²) in [5.41, 5.74) is 1.45. The maximum atomic E-state index is 12.8. The van der Waals surface area contributed by atoms with Gasteiger partial charge < -0.3 is 10.4 Å². The number of hydrogen-bond donors (Lipinski definition) is 2. The van der Waals surface area contributed by atoms with Crippen LogP contribution in [-0.2, 0) is 4.79 Å². The van der Waals surface area contributed by atoms with Gasteiger partial charge in [-0.25, -0.2) is 0 Å². The molecular weight excluding hydrogens is 318 g/mol. The zero-order chi connectivity index (χ0) is 17.6. The van der Waals surface area contributed by atoms with Gasteiger partial charge in [0.15, 0.2) is 0 Å². The molecule has 25 heavy (non-hydrogen) atoms. The first-order chi connectivity index (χ1) is 12.1. The van der Waals surface area contributed by atoms with Crippen LogP contribution in [0.1, 0.15) is 66.7 Å². The minimum atomic E-state index is -0.869. The zero-order valence-corrected chi connectivity index (χ0v) is 14.1. The van der Waals surface area contributed by atoms with E-state index in [-0.39, 0.29) is 24.4 Å². The quantitative estimate of drug-likeness (QED) is 0.809. The lowest BCUT2D eigenvalue weighted by atomic mass is 10.0. The summed E-state index contributed by atoms with van der Waals surface area (Å²) >= 11 is 0. The minimum Gasteiger partial charge on any atom is -0.481 e. The van der Waals surface area contributed by atoms with E-state index >= 15 is 0 Å². The molecule has 1 amide bonds. The molecule has 0 saturated heterocycles. The molecule has 1 fully saturated rings. The van der Waals surface area contributed by atoms with Gasteiger partial charge >= 0.3 is 5.97 Å². The van der Waals surface area contributed by atoms with Crippen molar-refractivity contribution in [2.75, 3.05) is 0 Å². The number of nitrogens with zero attached hydrogens (tertiary/aromatic N) is 2. The number of aromatic nitrogens is 2. The number of benzene rings is 1. The first-order valence-corrected chi connectivity index (χ1v) is 8.76. The maximum Gasteiger partial charge on any atom is 0.303 e. The van der Waals surface area contributed by atoms with Crippen molar-refractivity contribution in [3.8, 4) is 0 Å². The molecule has 132 valence electrons. The average Bonchev–Trinajstić information content (AvgIpc) is 3.29. The molecule has 1 aromatic carbocycles. The molecule has 6 heteroatoms. The van der Waals surface area contributed by atoms with Gasteiger partial charge in [0.05, 0.1) is 12.1 Å². The third kappa shape index (κ3) is 4.26. The predicted molar refractivity (Wildman–Crippen MR) is 93.3 cm³/mol. The summed E-state index contributed by atoms with van der Waals surface area (Å²) in [6, 6.07) is 11.2. The highest BCUT2D eigenvalue weighted by molar-refractivity contribution is 5.92. The smallest absolute Gasteiger partial charge is 0.303 e. The van der Waals surface area contributed by atoms with E-state index in [0.717, 1.165) is 31.2 Å². The second-order valence-electron chi connectivity index (χ2n) is 6.47. The molecule has 1 heterocycles. The van der Waals surface area contributed by atoms with E-state index in [1.165, 1.54) is 0 Å². The minimum absolute atomic E-state index is 0.00171. The Kier molecular flexibility index (Phi) is 5.48. The van der Waals surface area contributed by atoms with E-state index in [4.69, 9.17) is 5.11 Å². The number of carbonyl (C=O) groups excluding carboxylic acids is 1. The van der Waals surface area contributed by atoms with Crippen LogP contribution in [0.25, 0.3) is 0 Å². The molecule has 6 nitrogen and oxygen atoms in total. The molecule has 1 saturated carbocycles. The molecule has 2 aromatic rings. The lowest BCUT2D eigenvalue weighted by molar-refractivity contribution is -0.137. The predicted octanol–water partition coefficient (Wildman–Crippen LogP) is 3.33. The fourth-order valence-electron chi connectivity index (χ4n) is 3.44. The molecule has 3 rings (SSSR count).